The van der Waals surface area contributed by atoms with E-state index in [1.807, 2.05) is 48.5 Å². The normalized spacial score (nSPS) is 13.6. The zero-order valence-electron chi connectivity index (χ0n) is 26.8. The van der Waals surface area contributed by atoms with Crippen molar-refractivity contribution in [3.63, 3.8) is 0 Å². The quantitative estimate of drug-likeness (QED) is 0.0373. The van der Waals surface area contributed by atoms with E-state index in [4.69, 9.17) is 22.9 Å². The fourth-order valence-corrected chi connectivity index (χ4v) is 5.50. The molecule has 0 fully saturated rings. The number of carboxylic acids is 1. The van der Waals surface area contributed by atoms with Crippen molar-refractivity contribution in [2.45, 2.75) is 62.7 Å². The lowest BCUT2D eigenvalue weighted by atomic mass is 10.0. The molecule has 4 aromatic rings. The maximum absolute atomic E-state index is 13.9. The van der Waals surface area contributed by atoms with Crippen molar-refractivity contribution in [3.8, 4) is 0 Å². The highest BCUT2D eigenvalue weighted by atomic mass is 16.4. The van der Waals surface area contributed by atoms with Crippen LogP contribution in [0, 0.1) is 0 Å². The first kappa shape index (κ1) is 35.9. The Morgan fingerprint density at radius 1 is 0.714 bits per heavy atom. The average Bonchev–Trinajstić information content (AvgIpc) is 3.67. The van der Waals surface area contributed by atoms with Crippen LogP contribution in [0.1, 0.15) is 36.8 Å². The van der Waals surface area contributed by atoms with Crippen LogP contribution >= 0.6 is 0 Å². The monoisotopic (exact) mass is 674 g/mol. The van der Waals surface area contributed by atoms with Crippen molar-refractivity contribution < 1.29 is 29.1 Å². The lowest BCUT2D eigenvalue weighted by Crippen LogP contribution is -2.57. The van der Waals surface area contributed by atoms with E-state index in [-0.39, 0.29) is 51.0 Å². The van der Waals surface area contributed by atoms with Crippen LogP contribution in [0.2, 0.25) is 0 Å². The lowest BCUT2D eigenvalue weighted by Gasteiger charge is -2.25. The number of aromatic amines is 2. The van der Waals surface area contributed by atoms with Crippen molar-refractivity contribution >= 4 is 57.4 Å². The van der Waals surface area contributed by atoms with Gasteiger partial charge in [-0.1, -0.05) is 36.4 Å². The van der Waals surface area contributed by atoms with Gasteiger partial charge in [0, 0.05) is 53.6 Å². The Labute approximate surface area is 281 Å². The van der Waals surface area contributed by atoms with Crippen LogP contribution in [-0.4, -0.2) is 81.3 Å². The smallest absolute Gasteiger partial charge is 0.326 e. The van der Waals surface area contributed by atoms with Gasteiger partial charge in [-0.25, -0.2) is 4.79 Å². The zero-order valence-corrected chi connectivity index (χ0v) is 26.8. The number of rotatable bonds is 18. The summed E-state index contributed by atoms with van der Waals surface area (Å²) in [4.78, 5) is 74.1. The van der Waals surface area contributed by atoms with Crippen molar-refractivity contribution in [1.29, 1.82) is 0 Å². The van der Waals surface area contributed by atoms with Crippen LogP contribution in [0.5, 0.6) is 0 Å². The molecule has 0 saturated heterocycles. The lowest BCUT2D eigenvalue weighted by molar-refractivity contribution is -0.142. The van der Waals surface area contributed by atoms with Gasteiger partial charge >= 0.3 is 5.97 Å². The molecule has 16 heteroatoms. The van der Waals surface area contributed by atoms with Gasteiger partial charge in [0.25, 0.3) is 0 Å². The number of aliphatic carboxylic acids is 1. The fourth-order valence-electron chi connectivity index (χ4n) is 5.50. The van der Waals surface area contributed by atoms with Gasteiger partial charge in [-0.3, -0.25) is 24.2 Å². The number of primary amides is 1. The number of H-pyrrole nitrogens is 2. The maximum atomic E-state index is 13.9. The number of amides is 4. The molecule has 0 aliphatic carbocycles. The van der Waals surface area contributed by atoms with E-state index in [1.165, 1.54) is 0 Å². The molecule has 2 heterocycles. The SMILES string of the molecule is NC(=O)CCC(NC(=O)C(CCCN=C(N)N)NC(=O)C(Cc1c[nH]c2ccccc12)NC(=O)C(N)Cc1c[nH]c2ccccc12)C(=O)O. The predicted molar refractivity (Wildman–Crippen MR) is 184 cm³/mol. The first-order valence-electron chi connectivity index (χ1n) is 15.8. The molecule has 4 unspecified atom stereocenters. The van der Waals surface area contributed by atoms with E-state index in [2.05, 4.69) is 30.9 Å². The molecule has 0 bridgehead atoms. The summed E-state index contributed by atoms with van der Waals surface area (Å²) >= 11 is 0. The largest absolute Gasteiger partial charge is 0.480 e. The Balaban J connectivity index is 1.56. The van der Waals surface area contributed by atoms with E-state index < -0.39 is 53.8 Å². The minimum absolute atomic E-state index is 0.0182. The molecule has 4 rings (SSSR count). The van der Waals surface area contributed by atoms with Crippen LogP contribution in [0.3, 0.4) is 0 Å². The molecular formula is C33H42N10O6. The number of aromatic nitrogens is 2. The molecule has 2 aromatic heterocycles. The second kappa shape index (κ2) is 16.8. The number of benzene rings is 2. The molecular weight excluding hydrogens is 632 g/mol. The van der Waals surface area contributed by atoms with Crippen LogP contribution in [-0.2, 0) is 36.8 Å². The van der Waals surface area contributed by atoms with Crippen LogP contribution in [0.15, 0.2) is 65.9 Å². The number of fused-ring (bicyclic) bond motifs is 2. The molecule has 0 aliphatic rings. The molecule has 49 heavy (non-hydrogen) atoms. The van der Waals surface area contributed by atoms with Gasteiger partial charge in [-0.15, -0.1) is 0 Å². The predicted octanol–water partition coefficient (Wildman–Crippen LogP) is -0.380. The Morgan fingerprint density at radius 2 is 1.24 bits per heavy atom. The molecule has 2 aromatic carbocycles. The van der Waals surface area contributed by atoms with Crippen LogP contribution in [0.4, 0.5) is 0 Å². The van der Waals surface area contributed by atoms with E-state index in [0.29, 0.717) is 0 Å². The summed E-state index contributed by atoms with van der Waals surface area (Å²) in [5.74, 6) is -4.38. The number of carbonyl (C=O) groups excluding carboxylic acids is 4. The minimum Gasteiger partial charge on any atom is -0.480 e. The second-order valence-corrected chi connectivity index (χ2v) is 11.7. The summed E-state index contributed by atoms with van der Waals surface area (Å²) < 4.78 is 0. The summed E-state index contributed by atoms with van der Waals surface area (Å²) in [5.41, 5.74) is 25.6. The van der Waals surface area contributed by atoms with Gasteiger partial charge in [-0.05, 0) is 48.9 Å². The van der Waals surface area contributed by atoms with Crippen LogP contribution < -0.4 is 38.9 Å². The van der Waals surface area contributed by atoms with Crippen molar-refractivity contribution in [1.82, 2.24) is 25.9 Å². The van der Waals surface area contributed by atoms with Crippen LogP contribution in [0.25, 0.3) is 21.8 Å². The topological polar surface area (TPSA) is 290 Å². The standard InChI is InChI=1S/C33H42N10O6/c34-22(14-18-16-39-23-8-3-1-6-20(18)23)29(45)43-27(15-19-17-40-24-9-4-2-7-21(19)24)31(47)41-25(10-5-13-38-33(36)37)30(46)42-26(32(48)49)11-12-28(35)44/h1-4,6-9,16-17,22,25-27,39-40H,5,10-15,34H2,(H2,35,44)(H,41,47)(H,42,46)(H,43,45)(H,48,49)(H4,36,37,38). The first-order valence-corrected chi connectivity index (χ1v) is 15.8. The number of aliphatic imine (C=N–C) groups is 1. The van der Waals surface area contributed by atoms with Gasteiger partial charge in [0.15, 0.2) is 5.96 Å². The molecule has 4 amide bonds. The van der Waals surface area contributed by atoms with E-state index in [0.717, 1.165) is 32.9 Å². The number of nitrogens with zero attached hydrogens (tertiary/aromatic N) is 1. The van der Waals surface area contributed by atoms with Gasteiger partial charge < -0.3 is 54.0 Å². The third kappa shape index (κ3) is 10.0. The van der Waals surface area contributed by atoms with Crippen molar-refractivity contribution in [2.75, 3.05) is 6.54 Å². The third-order valence-corrected chi connectivity index (χ3v) is 8.06. The molecule has 0 saturated carbocycles. The number of nitrogens with one attached hydrogen (secondary N) is 5. The number of carbonyl (C=O) groups is 5. The Morgan fingerprint density at radius 3 is 1.82 bits per heavy atom. The van der Waals surface area contributed by atoms with Gasteiger partial charge in [-0.2, -0.15) is 0 Å². The summed E-state index contributed by atoms with van der Waals surface area (Å²) in [6.07, 6.45) is 3.48. The molecule has 4 atom stereocenters. The fraction of sp³-hybridized carbons (Fsp3) is 0.333. The zero-order chi connectivity index (χ0) is 35.5. The maximum Gasteiger partial charge on any atom is 0.326 e. The molecule has 14 N–H and O–H groups in total. The third-order valence-electron chi connectivity index (χ3n) is 8.06. The van der Waals surface area contributed by atoms with Gasteiger partial charge in [0.05, 0.1) is 6.04 Å². The summed E-state index contributed by atoms with van der Waals surface area (Å²) in [6.45, 7) is 0.129. The number of para-hydroxylation sites is 2. The second-order valence-electron chi connectivity index (χ2n) is 11.7. The van der Waals surface area contributed by atoms with E-state index in [9.17, 15) is 29.1 Å². The number of guanidine groups is 1. The Kier molecular flexibility index (Phi) is 12.3. The Hall–Kier alpha value is -5.90. The summed E-state index contributed by atoms with van der Waals surface area (Å²) in [5, 5.41) is 19.2. The van der Waals surface area contributed by atoms with Crippen molar-refractivity contribution in [3.05, 3.63) is 72.1 Å². The summed E-state index contributed by atoms with van der Waals surface area (Å²) in [7, 11) is 0. The molecule has 16 nitrogen and oxygen atoms in total. The number of hydrogen-bond donors (Lipinski definition) is 10. The Bertz CT molecular complexity index is 1830. The highest BCUT2D eigenvalue weighted by Crippen LogP contribution is 2.21. The highest BCUT2D eigenvalue weighted by molar-refractivity contribution is 5.95. The molecule has 260 valence electrons. The molecule has 0 spiro atoms. The van der Waals surface area contributed by atoms with Crippen molar-refractivity contribution in [2.24, 2.45) is 27.9 Å². The van der Waals surface area contributed by atoms with E-state index >= 15 is 0 Å². The first-order chi connectivity index (χ1) is 23.4. The number of carboxylic acid groups (broad SMARTS) is 1. The minimum atomic E-state index is -1.44. The number of nitrogens with two attached hydrogens (primary N) is 4. The van der Waals surface area contributed by atoms with Gasteiger partial charge in [0.1, 0.15) is 18.1 Å². The molecule has 0 aliphatic heterocycles. The van der Waals surface area contributed by atoms with Gasteiger partial charge in [0.2, 0.25) is 23.6 Å². The highest BCUT2D eigenvalue weighted by Gasteiger charge is 2.31. The van der Waals surface area contributed by atoms with E-state index in [1.54, 1.807) is 12.4 Å². The summed E-state index contributed by atoms with van der Waals surface area (Å²) in [6, 6.07) is 10.2. The number of hydrogen-bond acceptors (Lipinski definition) is 7. The average molecular weight is 675 g/mol. The molecule has 0 radical (unpaired) electrons.